The highest BCUT2D eigenvalue weighted by atomic mass is 16.4. The predicted molar refractivity (Wildman–Crippen MR) is 89.2 cm³/mol. The standard InChI is InChI=1S/C9H11NO3.C9H7N/c10-8(9(12)13)5-6-1-3-7(11)4-2-6;1-2-6-9-8(4-1)5-3-7-10-9/h1-4,8,11H,5,10H2,(H,12,13);1-7H. The Hall–Kier alpha value is -2.92. The molecule has 3 rings (SSSR count). The van der Waals surface area contributed by atoms with Crippen molar-refractivity contribution in [3.63, 3.8) is 0 Å². The molecule has 0 aliphatic carbocycles. The molecule has 2 aromatic carbocycles. The molecule has 0 aliphatic heterocycles. The number of carbonyl (C=O) groups is 1. The summed E-state index contributed by atoms with van der Waals surface area (Å²) in [4.78, 5) is 14.6. The Morgan fingerprint density at radius 1 is 1.04 bits per heavy atom. The summed E-state index contributed by atoms with van der Waals surface area (Å²) in [6.45, 7) is 0. The second kappa shape index (κ2) is 7.91. The zero-order chi connectivity index (χ0) is 16.7. The number of phenolic OH excluding ortho intramolecular Hbond substituents is 1. The minimum atomic E-state index is -1.02. The number of nitrogens with two attached hydrogens (primary N) is 1. The van der Waals surface area contributed by atoms with Crippen LogP contribution in [0, 0.1) is 0 Å². The molecule has 1 aromatic heterocycles. The van der Waals surface area contributed by atoms with Gasteiger partial charge >= 0.3 is 5.97 Å². The van der Waals surface area contributed by atoms with E-state index >= 15 is 0 Å². The van der Waals surface area contributed by atoms with Crippen molar-refractivity contribution >= 4 is 16.9 Å². The molecule has 1 heterocycles. The number of aliphatic carboxylic acids is 1. The van der Waals surface area contributed by atoms with E-state index in [4.69, 9.17) is 15.9 Å². The summed E-state index contributed by atoms with van der Waals surface area (Å²) >= 11 is 0. The molecule has 23 heavy (non-hydrogen) atoms. The number of hydrogen-bond donors (Lipinski definition) is 3. The van der Waals surface area contributed by atoms with E-state index in [0.29, 0.717) is 0 Å². The van der Waals surface area contributed by atoms with Crippen molar-refractivity contribution in [2.75, 3.05) is 0 Å². The van der Waals surface area contributed by atoms with Gasteiger partial charge in [-0.1, -0.05) is 36.4 Å². The highest BCUT2D eigenvalue weighted by Crippen LogP contribution is 2.10. The van der Waals surface area contributed by atoms with Crippen LogP contribution >= 0.6 is 0 Å². The number of carboxylic acid groups (broad SMARTS) is 1. The average Bonchev–Trinajstić information content (AvgIpc) is 2.57. The van der Waals surface area contributed by atoms with Crippen LogP contribution in [0.1, 0.15) is 5.56 Å². The van der Waals surface area contributed by atoms with Crippen LogP contribution in [0.2, 0.25) is 0 Å². The second-order valence-corrected chi connectivity index (χ2v) is 5.01. The zero-order valence-corrected chi connectivity index (χ0v) is 12.5. The Kier molecular flexibility index (Phi) is 5.66. The number of benzene rings is 2. The molecule has 0 aliphatic rings. The predicted octanol–water partition coefficient (Wildman–Crippen LogP) is 2.58. The third-order valence-electron chi connectivity index (χ3n) is 3.22. The number of fused-ring (bicyclic) bond motifs is 1. The van der Waals surface area contributed by atoms with Crippen LogP contribution in [0.15, 0.2) is 66.9 Å². The van der Waals surface area contributed by atoms with Crippen molar-refractivity contribution in [1.82, 2.24) is 4.98 Å². The second-order valence-electron chi connectivity index (χ2n) is 5.01. The molecule has 4 N–H and O–H groups in total. The minimum absolute atomic E-state index is 0.160. The maximum Gasteiger partial charge on any atom is 0.320 e. The van der Waals surface area contributed by atoms with Crippen molar-refractivity contribution in [2.45, 2.75) is 12.5 Å². The maximum absolute atomic E-state index is 10.4. The molecular weight excluding hydrogens is 292 g/mol. The van der Waals surface area contributed by atoms with Gasteiger partial charge in [-0.15, -0.1) is 0 Å². The first-order valence-corrected chi connectivity index (χ1v) is 7.12. The molecule has 118 valence electrons. The van der Waals surface area contributed by atoms with Gasteiger partial charge in [0, 0.05) is 11.6 Å². The van der Waals surface area contributed by atoms with Gasteiger partial charge in [-0.3, -0.25) is 9.78 Å². The van der Waals surface area contributed by atoms with E-state index in [-0.39, 0.29) is 12.2 Å². The summed E-state index contributed by atoms with van der Waals surface area (Å²) in [5, 5.41) is 18.7. The van der Waals surface area contributed by atoms with Crippen LogP contribution in [-0.2, 0) is 11.2 Å². The SMILES string of the molecule is NC(Cc1ccc(O)cc1)C(=O)O.c1ccc2ncccc2c1. The Morgan fingerprint density at radius 2 is 1.70 bits per heavy atom. The van der Waals surface area contributed by atoms with E-state index < -0.39 is 12.0 Å². The number of pyridine rings is 1. The number of phenols is 1. The van der Waals surface area contributed by atoms with Gasteiger partial charge in [0.25, 0.3) is 0 Å². The highest BCUT2D eigenvalue weighted by molar-refractivity contribution is 5.77. The molecule has 0 bridgehead atoms. The lowest BCUT2D eigenvalue weighted by atomic mass is 10.1. The molecular formula is C18H18N2O3. The normalized spacial score (nSPS) is 11.3. The highest BCUT2D eigenvalue weighted by Gasteiger charge is 2.11. The van der Waals surface area contributed by atoms with Gasteiger partial charge in [0.2, 0.25) is 0 Å². The summed E-state index contributed by atoms with van der Waals surface area (Å²) in [6.07, 6.45) is 2.08. The largest absolute Gasteiger partial charge is 0.508 e. The van der Waals surface area contributed by atoms with Crippen molar-refractivity contribution in [3.05, 3.63) is 72.4 Å². The average molecular weight is 310 g/mol. The van der Waals surface area contributed by atoms with Gasteiger partial charge in [0.15, 0.2) is 0 Å². The molecule has 0 fully saturated rings. The van der Waals surface area contributed by atoms with Crippen LogP contribution < -0.4 is 5.73 Å². The summed E-state index contributed by atoms with van der Waals surface area (Å²) in [6, 6.07) is 17.5. The van der Waals surface area contributed by atoms with Crippen LogP contribution in [0.25, 0.3) is 10.9 Å². The van der Waals surface area contributed by atoms with E-state index in [9.17, 15) is 4.79 Å². The molecule has 0 saturated carbocycles. The fraction of sp³-hybridized carbons (Fsp3) is 0.111. The number of rotatable bonds is 3. The van der Waals surface area contributed by atoms with E-state index in [2.05, 4.69) is 17.1 Å². The minimum Gasteiger partial charge on any atom is -0.508 e. The van der Waals surface area contributed by atoms with Crippen LogP contribution in [-0.4, -0.2) is 27.2 Å². The Bertz CT molecular complexity index is 707. The van der Waals surface area contributed by atoms with E-state index in [1.54, 1.807) is 12.1 Å². The Labute approximate surface area is 134 Å². The molecule has 1 unspecified atom stereocenters. The molecule has 0 amide bonds. The van der Waals surface area contributed by atoms with Gasteiger partial charge in [0.05, 0.1) is 5.52 Å². The molecule has 5 nitrogen and oxygen atoms in total. The van der Waals surface area contributed by atoms with Crippen LogP contribution in [0.4, 0.5) is 0 Å². The molecule has 0 saturated heterocycles. The summed E-state index contributed by atoms with van der Waals surface area (Å²) in [5.41, 5.74) is 7.18. The first-order chi connectivity index (χ1) is 11.1. The van der Waals surface area contributed by atoms with Gasteiger partial charge in [-0.25, -0.2) is 0 Å². The zero-order valence-electron chi connectivity index (χ0n) is 12.5. The van der Waals surface area contributed by atoms with Gasteiger partial charge in [-0.2, -0.15) is 0 Å². The summed E-state index contributed by atoms with van der Waals surface area (Å²) < 4.78 is 0. The third-order valence-corrected chi connectivity index (χ3v) is 3.22. The Balaban J connectivity index is 0.000000172. The number of nitrogens with zero attached hydrogens (tertiary/aromatic N) is 1. The van der Waals surface area contributed by atoms with Gasteiger partial charge in [-0.05, 0) is 36.2 Å². The summed E-state index contributed by atoms with van der Waals surface area (Å²) in [7, 11) is 0. The summed E-state index contributed by atoms with van der Waals surface area (Å²) in [5.74, 6) is -0.860. The fourth-order valence-corrected chi connectivity index (χ4v) is 1.99. The van der Waals surface area contributed by atoms with Gasteiger partial charge < -0.3 is 15.9 Å². The number of para-hydroxylation sites is 1. The number of hydrogen-bond acceptors (Lipinski definition) is 4. The van der Waals surface area contributed by atoms with Crippen molar-refractivity contribution in [2.24, 2.45) is 5.73 Å². The van der Waals surface area contributed by atoms with Crippen LogP contribution in [0.3, 0.4) is 0 Å². The lowest BCUT2D eigenvalue weighted by Crippen LogP contribution is -2.32. The first-order valence-electron chi connectivity index (χ1n) is 7.12. The lowest BCUT2D eigenvalue weighted by Gasteiger charge is -2.05. The fourth-order valence-electron chi connectivity index (χ4n) is 1.99. The first kappa shape index (κ1) is 16.5. The van der Waals surface area contributed by atoms with Crippen molar-refractivity contribution in [3.8, 4) is 5.75 Å². The molecule has 3 aromatic rings. The smallest absolute Gasteiger partial charge is 0.320 e. The molecule has 5 heteroatoms. The number of aromatic hydroxyl groups is 1. The Morgan fingerprint density at radius 3 is 2.35 bits per heavy atom. The number of carboxylic acids is 1. The van der Waals surface area contributed by atoms with Crippen LogP contribution in [0.5, 0.6) is 5.75 Å². The third kappa shape index (κ3) is 5.09. The van der Waals surface area contributed by atoms with E-state index in [1.807, 2.05) is 30.5 Å². The molecule has 0 radical (unpaired) electrons. The lowest BCUT2D eigenvalue weighted by molar-refractivity contribution is -0.138. The van der Waals surface area contributed by atoms with E-state index in [1.165, 1.54) is 17.5 Å². The number of aromatic nitrogens is 1. The molecule has 0 spiro atoms. The topological polar surface area (TPSA) is 96.4 Å². The molecule has 1 atom stereocenters. The van der Waals surface area contributed by atoms with Gasteiger partial charge in [0.1, 0.15) is 11.8 Å². The van der Waals surface area contributed by atoms with Crippen molar-refractivity contribution in [1.29, 1.82) is 0 Å². The van der Waals surface area contributed by atoms with E-state index in [0.717, 1.165) is 11.1 Å². The maximum atomic E-state index is 10.4. The monoisotopic (exact) mass is 310 g/mol. The van der Waals surface area contributed by atoms with Crippen molar-refractivity contribution < 1.29 is 15.0 Å². The quantitative estimate of drug-likeness (QED) is 0.691.